The molecule has 0 atom stereocenters. The van der Waals surface area contributed by atoms with Gasteiger partial charge in [-0.2, -0.15) is 0 Å². The van der Waals surface area contributed by atoms with Gasteiger partial charge in [-0.15, -0.1) is 0 Å². The van der Waals surface area contributed by atoms with E-state index in [9.17, 15) is 0 Å². The molecule has 0 aliphatic carbocycles. The third-order valence-electron chi connectivity index (χ3n) is 2.09. The summed E-state index contributed by atoms with van der Waals surface area (Å²) in [5.41, 5.74) is 8.61. The fourth-order valence-electron chi connectivity index (χ4n) is 1.27. The standard InChI is InChI=1S/C13H12N2/c14-13-7-5-11(6-8-13)3-4-12-2-1-9-15-10-12/h1-10H,14H2/b4-3-. The smallest absolute Gasteiger partial charge is 0.0340 e. The Kier molecular flexibility index (Phi) is 2.79. The van der Waals surface area contributed by atoms with E-state index in [0.717, 1.165) is 16.8 Å². The van der Waals surface area contributed by atoms with Gasteiger partial charge in [-0.25, -0.2) is 0 Å². The van der Waals surface area contributed by atoms with Crippen LogP contribution in [0, 0.1) is 0 Å². The van der Waals surface area contributed by atoms with Gasteiger partial charge in [0.15, 0.2) is 0 Å². The van der Waals surface area contributed by atoms with E-state index < -0.39 is 0 Å². The number of pyridine rings is 1. The van der Waals surface area contributed by atoms with Crippen LogP contribution in [-0.2, 0) is 0 Å². The highest BCUT2D eigenvalue weighted by atomic mass is 14.6. The summed E-state index contributed by atoms with van der Waals surface area (Å²) in [5, 5.41) is 0. The Labute approximate surface area is 89.1 Å². The Bertz CT molecular complexity index is 444. The zero-order chi connectivity index (χ0) is 10.5. The first kappa shape index (κ1) is 9.46. The largest absolute Gasteiger partial charge is 0.399 e. The molecule has 2 rings (SSSR count). The predicted octanol–water partition coefficient (Wildman–Crippen LogP) is 2.83. The summed E-state index contributed by atoms with van der Waals surface area (Å²) < 4.78 is 0. The van der Waals surface area contributed by atoms with Gasteiger partial charge in [0, 0.05) is 18.1 Å². The molecule has 1 aromatic carbocycles. The van der Waals surface area contributed by atoms with E-state index in [1.54, 1.807) is 6.20 Å². The van der Waals surface area contributed by atoms with Crippen LogP contribution in [0.4, 0.5) is 5.69 Å². The van der Waals surface area contributed by atoms with Crippen molar-refractivity contribution in [3.05, 3.63) is 59.9 Å². The maximum absolute atomic E-state index is 5.60. The van der Waals surface area contributed by atoms with Crippen LogP contribution < -0.4 is 5.73 Å². The SMILES string of the molecule is Nc1ccc(/C=C\c2cccnc2)cc1. The van der Waals surface area contributed by atoms with Crippen LogP contribution in [0.2, 0.25) is 0 Å². The van der Waals surface area contributed by atoms with E-state index in [-0.39, 0.29) is 0 Å². The van der Waals surface area contributed by atoms with Gasteiger partial charge >= 0.3 is 0 Å². The molecular weight excluding hydrogens is 184 g/mol. The number of nitrogens with zero attached hydrogens (tertiary/aromatic N) is 1. The average Bonchev–Trinajstić information content (AvgIpc) is 2.30. The summed E-state index contributed by atoms with van der Waals surface area (Å²) in [7, 11) is 0. The van der Waals surface area contributed by atoms with E-state index in [1.165, 1.54) is 0 Å². The second-order valence-electron chi connectivity index (χ2n) is 3.29. The Balaban J connectivity index is 2.15. The molecule has 0 saturated carbocycles. The first-order valence-corrected chi connectivity index (χ1v) is 4.78. The summed E-state index contributed by atoms with van der Waals surface area (Å²) in [6.07, 6.45) is 7.66. The summed E-state index contributed by atoms with van der Waals surface area (Å²) in [6, 6.07) is 11.7. The van der Waals surface area contributed by atoms with Crippen LogP contribution >= 0.6 is 0 Å². The van der Waals surface area contributed by atoms with Crippen molar-refractivity contribution in [2.24, 2.45) is 0 Å². The van der Waals surface area contributed by atoms with Crippen molar-refractivity contribution in [1.82, 2.24) is 4.98 Å². The van der Waals surface area contributed by atoms with Crippen molar-refractivity contribution in [1.29, 1.82) is 0 Å². The number of hydrogen-bond donors (Lipinski definition) is 1. The van der Waals surface area contributed by atoms with Gasteiger partial charge < -0.3 is 5.73 Å². The van der Waals surface area contributed by atoms with E-state index in [1.807, 2.05) is 54.7 Å². The van der Waals surface area contributed by atoms with Crippen LogP contribution in [0.5, 0.6) is 0 Å². The minimum atomic E-state index is 0.786. The van der Waals surface area contributed by atoms with Crippen molar-refractivity contribution in [3.63, 3.8) is 0 Å². The number of aromatic nitrogens is 1. The molecule has 0 aliphatic rings. The van der Waals surface area contributed by atoms with Gasteiger partial charge in [0.25, 0.3) is 0 Å². The lowest BCUT2D eigenvalue weighted by atomic mass is 10.1. The van der Waals surface area contributed by atoms with Crippen LogP contribution in [0.3, 0.4) is 0 Å². The highest BCUT2D eigenvalue weighted by molar-refractivity contribution is 5.69. The Morgan fingerprint density at radius 1 is 0.933 bits per heavy atom. The molecule has 0 aliphatic heterocycles. The fraction of sp³-hybridized carbons (Fsp3) is 0. The lowest BCUT2D eigenvalue weighted by Crippen LogP contribution is -1.82. The highest BCUT2D eigenvalue weighted by Crippen LogP contribution is 2.09. The summed E-state index contributed by atoms with van der Waals surface area (Å²) in [5.74, 6) is 0. The lowest BCUT2D eigenvalue weighted by Gasteiger charge is -1.95. The zero-order valence-electron chi connectivity index (χ0n) is 8.30. The van der Waals surface area contributed by atoms with Crippen LogP contribution in [-0.4, -0.2) is 4.98 Å². The minimum absolute atomic E-state index is 0.786. The third kappa shape index (κ3) is 2.68. The van der Waals surface area contributed by atoms with E-state index in [0.29, 0.717) is 0 Å². The first-order valence-electron chi connectivity index (χ1n) is 4.78. The molecular formula is C13H12N2. The molecule has 2 aromatic rings. The Morgan fingerprint density at radius 3 is 2.33 bits per heavy atom. The number of anilines is 1. The topological polar surface area (TPSA) is 38.9 Å². The normalized spacial score (nSPS) is 10.7. The van der Waals surface area contributed by atoms with Crippen molar-refractivity contribution in [2.75, 3.05) is 5.73 Å². The molecule has 0 fully saturated rings. The number of nitrogens with two attached hydrogens (primary N) is 1. The molecule has 0 saturated heterocycles. The van der Waals surface area contributed by atoms with Gasteiger partial charge in [0.05, 0.1) is 0 Å². The molecule has 2 N–H and O–H groups in total. The number of benzene rings is 1. The van der Waals surface area contributed by atoms with Crippen molar-refractivity contribution in [2.45, 2.75) is 0 Å². The Morgan fingerprint density at radius 2 is 1.67 bits per heavy atom. The second kappa shape index (κ2) is 4.42. The summed E-state index contributed by atoms with van der Waals surface area (Å²) in [6.45, 7) is 0. The zero-order valence-corrected chi connectivity index (χ0v) is 8.30. The highest BCUT2D eigenvalue weighted by Gasteiger charge is 1.87. The number of nitrogen functional groups attached to an aromatic ring is 1. The van der Waals surface area contributed by atoms with Crippen molar-refractivity contribution in [3.8, 4) is 0 Å². The van der Waals surface area contributed by atoms with Gasteiger partial charge in [0.1, 0.15) is 0 Å². The van der Waals surface area contributed by atoms with Gasteiger partial charge in [-0.1, -0.05) is 30.4 Å². The molecule has 0 bridgehead atoms. The third-order valence-corrected chi connectivity index (χ3v) is 2.09. The van der Waals surface area contributed by atoms with Gasteiger partial charge in [-0.05, 0) is 29.3 Å². The molecule has 15 heavy (non-hydrogen) atoms. The molecule has 0 amide bonds. The quantitative estimate of drug-likeness (QED) is 0.750. The number of hydrogen-bond acceptors (Lipinski definition) is 2. The van der Waals surface area contributed by atoms with Crippen molar-refractivity contribution < 1.29 is 0 Å². The van der Waals surface area contributed by atoms with Crippen LogP contribution in [0.15, 0.2) is 48.8 Å². The fourth-order valence-corrected chi connectivity index (χ4v) is 1.27. The summed E-state index contributed by atoms with van der Waals surface area (Å²) in [4.78, 5) is 4.04. The molecule has 2 nitrogen and oxygen atoms in total. The van der Waals surface area contributed by atoms with Gasteiger partial charge in [-0.3, -0.25) is 4.98 Å². The maximum Gasteiger partial charge on any atom is 0.0340 e. The van der Waals surface area contributed by atoms with Crippen LogP contribution in [0.1, 0.15) is 11.1 Å². The van der Waals surface area contributed by atoms with Crippen molar-refractivity contribution >= 4 is 17.8 Å². The molecule has 74 valence electrons. The molecule has 1 aromatic heterocycles. The molecule has 0 unspecified atom stereocenters. The first-order chi connectivity index (χ1) is 7.34. The second-order valence-corrected chi connectivity index (χ2v) is 3.29. The molecule has 0 radical (unpaired) electrons. The molecule has 2 heteroatoms. The van der Waals surface area contributed by atoms with E-state index in [4.69, 9.17) is 5.73 Å². The Hall–Kier alpha value is -2.09. The minimum Gasteiger partial charge on any atom is -0.399 e. The summed E-state index contributed by atoms with van der Waals surface area (Å²) >= 11 is 0. The average molecular weight is 196 g/mol. The van der Waals surface area contributed by atoms with E-state index in [2.05, 4.69) is 4.98 Å². The van der Waals surface area contributed by atoms with E-state index >= 15 is 0 Å². The lowest BCUT2D eigenvalue weighted by molar-refractivity contribution is 1.32. The molecule has 0 spiro atoms. The van der Waals surface area contributed by atoms with Crippen LogP contribution in [0.25, 0.3) is 12.2 Å². The number of rotatable bonds is 2. The maximum atomic E-state index is 5.60. The predicted molar refractivity (Wildman–Crippen MR) is 64.0 cm³/mol. The monoisotopic (exact) mass is 196 g/mol. The molecule has 1 heterocycles. The van der Waals surface area contributed by atoms with Gasteiger partial charge in [0.2, 0.25) is 0 Å².